The molecule has 1 N–H and O–H groups in total. The number of anilines is 1. The number of hydrogen-bond acceptors (Lipinski definition) is 6. The fraction of sp³-hybridized carbons (Fsp3) is 0.188. The third-order valence-corrected chi connectivity index (χ3v) is 4.98. The Morgan fingerprint density at radius 1 is 1.19 bits per heavy atom. The minimum atomic E-state index is -0.184. The van der Waals surface area contributed by atoms with Crippen LogP contribution in [0.5, 0.6) is 11.5 Å². The molecule has 3 heterocycles. The number of aromatic nitrogens is 3. The van der Waals surface area contributed by atoms with Crippen molar-refractivity contribution in [2.45, 2.75) is 5.16 Å². The summed E-state index contributed by atoms with van der Waals surface area (Å²) in [6, 6.07) is 6.87. The molecule has 4 rings (SSSR count). The lowest BCUT2D eigenvalue weighted by atomic mass is 10.2. The summed E-state index contributed by atoms with van der Waals surface area (Å²) in [5, 5.41) is 12.3. The summed E-state index contributed by atoms with van der Waals surface area (Å²) in [5.41, 5.74) is 1.13. The van der Waals surface area contributed by atoms with E-state index >= 15 is 0 Å². The molecule has 0 bridgehead atoms. The number of halogens is 2. The van der Waals surface area contributed by atoms with Crippen molar-refractivity contribution in [3.8, 4) is 11.5 Å². The van der Waals surface area contributed by atoms with E-state index in [0.717, 1.165) is 0 Å². The zero-order chi connectivity index (χ0) is 18.1. The Balaban J connectivity index is 1.43. The minimum Gasteiger partial charge on any atom is -0.486 e. The summed E-state index contributed by atoms with van der Waals surface area (Å²) >= 11 is 13.3. The van der Waals surface area contributed by atoms with Crippen LogP contribution < -0.4 is 14.8 Å². The van der Waals surface area contributed by atoms with Crippen LogP contribution in [0.2, 0.25) is 10.0 Å². The second-order valence-corrected chi connectivity index (χ2v) is 7.16. The number of amides is 1. The van der Waals surface area contributed by atoms with Gasteiger partial charge in [0.15, 0.2) is 22.3 Å². The lowest BCUT2D eigenvalue weighted by Crippen LogP contribution is -2.17. The van der Waals surface area contributed by atoms with Gasteiger partial charge < -0.3 is 14.8 Å². The van der Waals surface area contributed by atoms with Gasteiger partial charge >= 0.3 is 0 Å². The molecule has 0 aliphatic carbocycles. The summed E-state index contributed by atoms with van der Waals surface area (Å²) < 4.78 is 12.6. The van der Waals surface area contributed by atoms with Crippen LogP contribution in [0.3, 0.4) is 0 Å². The van der Waals surface area contributed by atoms with Crippen LogP contribution in [-0.2, 0) is 4.79 Å². The molecule has 26 heavy (non-hydrogen) atoms. The monoisotopic (exact) mass is 410 g/mol. The van der Waals surface area contributed by atoms with Crippen LogP contribution in [0.1, 0.15) is 0 Å². The van der Waals surface area contributed by atoms with Crippen molar-refractivity contribution in [2.75, 3.05) is 24.3 Å². The van der Waals surface area contributed by atoms with Crippen molar-refractivity contribution >= 4 is 52.2 Å². The van der Waals surface area contributed by atoms with Crippen LogP contribution in [-0.4, -0.2) is 39.5 Å². The summed E-state index contributed by atoms with van der Waals surface area (Å²) in [4.78, 5) is 12.2. The van der Waals surface area contributed by atoms with Crippen molar-refractivity contribution in [1.82, 2.24) is 14.6 Å². The number of thioether (sulfide) groups is 1. The highest BCUT2D eigenvalue weighted by molar-refractivity contribution is 7.99. The molecule has 1 amide bonds. The highest BCUT2D eigenvalue weighted by atomic mass is 35.5. The Kier molecular flexibility index (Phi) is 4.80. The molecule has 1 aliphatic rings. The molecule has 10 heteroatoms. The maximum Gasteiger partial charge on any atom is 0.234 e. The number of carbonyl (C=O) groups is 1. The van der Waals surface area contributed by atoms with Gasteiger partial charge in [0.2, 0.25) is 5.91 Å². The highest BCUT2D eigenvalue weighted by Crippen LogP contribution is 2.32. The van der Waals surface area contributed by atoms with Gasteiger partial charge in [-0.1, -0.05) is 35.0 Å². The van der Waals surface area contributed by atoms with E-state index in [-0.39, 0.29) is 11.7 Å². The minimum absolute atomic E-state index is 0.152. The van der Waals surface area contributed by atoms with Crippen LogP contribution in [0.15, 0.2) is 35.6 Å². The smallest absolute Gasteiger partial charge is 0.234 e. The van der Waals surface area contributed by atoms with Gasteiger partial charge in [0, 0.05) is 18.0 Å². The summed E-state index contributed by atoms with van der Waals surface area (Å²) in [6.45, 7) is 1.01. The van der Waals surface area contributed by atoms with Gasteiger partial charge in [-0.15, -0.1) is 10.2 Å². The topological polar surface area (TPSA) is 77.8 Å². The summed E-state index contributed by atoms with van der Waals surface area (Å²) in [5.74, 6) is 1.26. The molecule has 0 saturated carbocycles. The lowest BCUT2D eigenvalue weighted by molar-refractivity contribution is -0.113. The highest BCUT2D eigenvalue weighted by Gasteiger charge is 2.15. The normalized spacial score (nSPS) is 13.0. The van der Waals surface area contributed by atoms with Gasteiger partial charge in [-0.3, -0.25) is 9.20 Å². The molecular weight excluding hydrogens is 399 g/mol. The first-order valence-electron chi connectivity index (χ1n) is 7.62. The van der Waals surface area contributed by atoms with Gasteiger partial charge in [-0.2, -0.15) is 0 Å². The fourth-order valence-corrected chi connectivity index (χ4v) is 3.67. The second kappa shape index (κ2) is 7.22. The summed E-state index contributed by atoms with van der Waals surface area (Å²) in [7, 11) is 0. The largest absolute Gasteiger partial charge is 0.486 e. The van der Waals surface area contributed by atoms with Gasteiger partial charge in [0.1, 0.15) is 13.2 Å². The third kappa shape index (κ3) is 3.53. The number of ether oxygens (including phenoxy) is 2. The number of pyridine rings is 1. The maximum absolute atomic E-state index is 12.2. The molecule has 1 aliphatic heterocycles. The first-order valence-corrected chi connectivity index (χ1v) is 9.36. The number of benzene rings is 1. The van der Waals surface area contributed by atoms with Crippen LogP contribution in [0.4, 0.5) is 5.69 Å². The molecule has 0 fully saturated rings. The van der Waals surface area contributed by atoms with E-state index in [0.29, 0.717) is 51.2 Å². The van der Waals surface area contributed by atoms with E-state index in [1.165, 1.54) is 11.8 Å². The van der Waals surface area contributed by atoms with Gasteiger partial charge in [-0.05, 0) is 18.2 Å². The second-order valence-electron chi connectivity index (χ2n) is 5.38. The standard InChI is InChI=1S/C16H12Cl2N4O3S/c17-9-5-11(18)15-20-21-16(22(15)7-9)26-8-14(23)19-10-1-2-12-13(6-10)25-4-3-24-12/h1-2,5-7H,3-4,8H2,(H,19,23). The summed E-state index contributed by atoms with van der Waals surface area (Å²) in [6.07, 6.45) is 1.66. The number of rotatable bonds is 4. The molecule has 3 aromatic rings. The van der Waals surface area contributed by atoms with Crippen LogP contribution in [0.25, 0.3) is 5.65 Å². The van der Waals surface area contributed by atoms with E-state index < -0.39 is 0 Å². The Hall–Kier alpha value is -2.16. The molecule has 0 radical (unpaired) electrons. The number of nitrogens with zero attached hydrogens (tertiary/aromatic N) is 3. The van der Waals surface area contributed by atoms with Crippen molar-refractivity contribution in [3.05, 3.63) is 40.5 Å². The predicted molar refractivity (Wildman–Crippen MR) is 99.8 cm³/mol. The van der Waals surface area contributed by atoms with E-state index in [1.807, 2.05) is 0 Å². The van der Waals surface area contributed by atoms with Gasteiger partial charge in [0.25, 0.3) is 0 Å². The van der Waals surface area contributed by atoms with E-state index in [1.54, 1.807) is 34.9 Å². The average Bonchev–Trinajstić information content (AvgIpc) is 3.03. The Bertz CT molecular complexity index is 995. The molecule has 0 unspecified atom stereocenters. The molecule has 0 saturated heterocycles. The Labute approximate surface area is 162 Å². The molecule has 0 atom stereocenters. The third-order valence-electron chi connectivity index (χ3n) is 3.55. The molecule has 2 aromatic heterocycles. The zero-order valence-electron chi connectivity index (χ0n) is 13.2. The van der Waals surface area contributed by atoms with E-state index in [9.17, 15) is 4.79 Å². The SMILES string of the molecule is O=C(CSc1nnc2c(Cl)cc(Cl)cn12)Nc1ccc2c(c1)OCCO2. The van der Waals surface area contributed by atoms with Crippen LogP contribution >= 0.6 is 35.0 Å². The van der Waals surface area contributed by atoms with E-state index in [4.69, 9.17) is 32.7 Å². The molecule has 7 nitrogen and oxygen atoms in total. The van der Waals surface area contributed by atoms with Gasteiger partial charge in [-0.25, -0.2) is 0 Å². The molecule has 134 valence electrons. The van der Waals surface area contributed by atoms with Gasteiger partial charge in [0.05, 0.1) is 15.8 Å². The number of hydrogen-bond donors (Lipinski definition) is 1. The quantitative estimate of drug-likeness (QED) is 0.662. The predicted octanol–water partition coefficient (Wildman–Crippen LogP) is 3.54. The van der Waals surface area contributed by atoms with Crippen LogP contribution in [0, 0.1) is 0 Å². The Morgan fingerprint density at radius 2 is 2.00 bits per heavy atom. The molecule has 0 spiro atoms. The average molecular weight is 411 g/mol. The molecular formula is C16H12Cl2N4O3S. The first-order chi connectivity index (χ1) is 12.6. The van der Waals surface area contributed by atoms with Crippen molar-refractivity contribution < 1.29 is 14.3 Å². The number of carbonyl (C=O) groups excluding carboxylic acids is 1. The fourth-order valence-electron chi connectivity index (χ4n) is 2.45. The zero-order valence-corrected chi connectivity index (χ0v) is 15.6. The maximum atomic E-state index is 12.2. The number of nitrogens with one attached hydrogen (secondary N) is 1. The Morgan fingerprint density at radius 3 is 2.85 bits per heavy atom. The van der Waals surface area contributed by atoms with Crippen molar-refractivity contribution in [2.24, 2.45) is 0 Å². The number of fused-ring (bicyclic) bond motifs is 2. The lowest BCUT2D eigenvalue weighted by Gasteiger charge is -2.18. The molecule has 1 aromatic carbocycles. The first kappa shape index (κ1) is 17.3. The van der Waals surface area contributed by atoms with Crippen molar-refractivity contribution in [3.63, 3.8) is 0 Å². The van der Waals surface area contributed by atoms with E-state index in [2.05, 4.69) is 15.5 Å². The van der Waals surface area contributed by atoms with Crippen molar-refractivity contribution in [1.29, 1.82) is 0 Å².